The molecule has 0 unspecified atom stereocenters. The monoisotopic (exact) mass is 515 g/mol. The molecule has 198 valence electrons. The SMILES string of the molecule is CC(=O)O.N/C(=N\O)c1cn2c3c(c(NCCCn4ccnc4)c(F)c(N)c3c1=O)OCC21CCCC1. The molecular weight excluding hydrogens is 485 g/mol. The van der Waals surface area contributed by atoms with Crippen molar-refractivity contribution < 1.29 is 24.2 Å². The minimum absolute atomic E-state index is 0.0125. The van der Waals surface area contributed by atoms with Crippen molar-refractivity contribution in [2.24, 2.45) is 10.9 Å². The van der Waals surface area contributed by atoms with Gasteiger partial charge in [-0.3, -0.25) is 9.59 Å². The van der Waals surface area contributed by atoms with Gasteiger partial charge in [0.1, 0.15) is 12.3 Å². The van der Waals surface area contributed by atoms with Crippen molar-refractivity contribution in [3.05, 3.63) is 46.5 Å². The van der Waals surface area contributed by atoms with Crippen molar-refractivity contribution in [1.29, 1.82) is 0 Å². The smallest absolute Gasteiger partial charge is 0.300 e. The molecule has 1 fully saturated rings. The maximum absolute atomic E-state index is 15.5. The van der Waals surface area contributed by atoms with E-state index in [2.05, 4.69) is 15.5 Å². The third-order valence-electron chi connectivity index (χ3n) is 6.74. The number of benzene rings is 1. The van der Waals surface area contributed by atoms with Crippen LogP contribution in [0, 0.1) is 5.82 Å². The Hall–Kier alpha value is -4.29. The number of nitrogens with zero attached hydrogens (tertiary/aromatic N) is 4. The molecule has 37 heavy (non-hydrogen) atoms. The Bertz CT molecular complexity index is 1390. The van der Waals surface area contributed by atoms with E-state index < -0.39 is 22.8 Å². The maximum atomic E-state index is 15.5. The summed E-state index contributed by atoms with van der Waals surface area (Å²) in [6.07, 6.45) is 11.3. The summed E-state index contributed by atoms with van der Waals surface area (Å²) in [5.74, 6) is -1.66. The first-order chi connectivity index (χ1) is 17.7. The number of hydrogen-bond acceptors (Lipinski definition) is 8. The van der Waals surface area contributed by atoms with Gasteiger partial charge in [0.15, 0.2) is 17.4 Å². The fraction of sp³-hybridized carbons (Fsp3) is 0.417. The molecule has 1 aliphatic heterocycles. The van der Waals surface area contributed by atoms with E-state index in [0.29, 0.717) is 31.6 Å². The Morgan fingerprint density at radius 1 is 1.38 bits per heavy atom. The normalized spacial score (nSPS) is 15.8. The summed E-state index contributed by atoms with van der Waals surface area (Å²) in [4.78, 5) is 26.2. The number of carboxylic acids is 1. The summed E-state index contributed by atoms with van der Waals surface area (Å²) < 4.78 is 25.5. The molecular formula is C24H30FN7O5. The molecule has 0 radical (unpaired) electrons. The number of pyridine rings is 1. The second kappa shape index (κ2) is 10.4. The van der Waals surface area contributed by atoms with Gasteiger partial charge >= 0.3 is 0 Å². The number of amidine groups is 1. The van der Waals surface area contributed by atoms with Crippen LogP contribution in [0.5, 0.6) is 5.75 Å². The van der Waals surface area contributed by atoms with Crippen molar-refractivity contribution in [3.63, 3.8) is 0 Å². The average molecular weight is 516 g/mol. The molecule has 1 saturated carbocycles. The van der Waals surface area contributed by atoms with E-state index >= 15 is 4.39 Å². The maximum Gasteiger partial charge on any atom is 0.300 e. The number of nitrogens with one attached hydrogen (secondary N) is 1. The topological polar surface area (TPSA) is 183 Å². The molecule has 2 aliphatic rings. The third-order valence-corrected chi connectivity index (χ3v) is 6.74. The summed E-state index contributed by atoms with van der Waals surface area (Å²) in [6.45, 7) is 2.60. The molecule has 7 N–H and O–H groups in total. The quantitative estimate of drug-likeness (QED) is 0.0821. The number of aliphatic carboxylic acids is 1. The predicted octanol–water partition coefficient (Wildman–Crippen LogP) is 2.27. The summed E-state index contributed by atoms with van der Waals surface area (Å²) in [7, 11) is 0. The highest BCUT2D eigenvalue weighted by molar-refractivity contribution is 6.05. The van der Waals surface area contributed by atoms with Crippen LogP contribution in [0.1, 0.15) is 44.6 Å². The van der Waals surface area contributed by atoms with Crippen molar-refractivity contribution >= 4 is 34.1 Å². The molecule has 2 aromatic heterocycles. The van der Waals surface area contributed by atoms with Crippen LogP contribution in [0.15, 0.2) is 34.9 Å². The Morgan fingerprint density at radius 2 is 2.08 bits per heavy atom. The number of imidazole rings is 1. The minimum atomic E-state index is -0.833. The summed E-state index contributed by atoms with van der Waals surface area (Å²) >= 11 is 0. The van der Waals surface area contributed by atoms with Crippen molar-refractivity contribution in [3.8, 4) is 5.75 Å². The number of ether oxygens (including phenoxy) is 1. The highest BCUT2D eigenvalue weighted by Gasteiger charge is 2.42. The molecule has 3 heterocycles. The first-order valence-electron chi connectivity index (χ1n) is 11.9. The van der Waals surface area contributed by atoms with Gasteiger partial charge in [0.25, 0.3) is 5.97 Å². The van der Waals surface area contributed by atoms with Gasteiger partial charge in [-0.05, 0) is 19.3 Å². The Balaban J connectivity index is 0.000000747. The van der Waals surface area contributed by atoms with Crippen molar-refractivity contribution in [2.75, 3.05) is 24.2 Å². The van der Waals surface area contributed by atoms with E-state index in [9.17, 15) is 10.0 Å². The van der Waals surface area contributed by atoms with Crippen LogP contribution >= 0.6 is 0 Å². The fourth-order valence-corrected chi connectivity index (χ4v) is 5.05. The van der Waals surface area contributed by atoms with Gasteiger partial charge in [-0.25, -0.2) is 9.37 Å². The number of oxime groups is 1. The van der Waals surface area contributed by atoms with Crippen LogP contribution in [0.4, 0.5) is 15.8 Å². The van der Waals surface area contributed by atoms with E-state index in [-0.39, 0.29) is 33.9 Å². The number of nitrogens with two attached hydrogens (primary N) is 2. The third kappa shape index (κ3) is 4.76. The second-order valence-electron chi connectivity index (χ2n) is 9.20. The van der Waals surface area contributed by atoms with Gasteiger partial charge in [0, 0.05) is 38.6 Å². The Morgan fingerprint density at radius 3 is 2.70 bits per heavy atom. The molecule has 0 atom stereocenters. The zero-order chi connectivity index (χ0) is 26.7. The first kappa shape index (κ1) is 25.8. The molecule has 1 aromatic carbocycles. The van der Waals surface area contributed by atoms with Crippen molar-refractivity contribution in [2.45, 2.75) is 51.1 Å². The molecule has 13 heteroatoms. The number of nitrogen functional groups attached to an aromatic ring is 1. The van der Waals surface area contributed by atoms with E-state index in [1.807, 2.05) is 15.3 Å². The number of aryl methyl sites for hydroxylation is 1. The van der Waals surface area contributed by atoms with Crippen LogP contribution < -0.4 is 26.9 Å². The standard InChI is InChI=1S/C22H26FN7O3.C2H4O2/c23-15-16(24)14-18-20(17(15)27-6-3-8-29-9-7-26-12-29)33-11-22(4-1-2-5-22)30(18)10-13(19(14)31)21(25)28-32;1-2(3)4/h7,9-10,12,27,32H,1-6,8,11,24H2,(H2,25,28);1H3,(H,3,4). The van der Waals surface area contributed by atoms with Gasteiger partial charge in [-0.2, -0.15) is 0 Å². The number of hydrogen-bond donors (Lipinski definition) is 5. The molecule has 12 nitrogen and oxygen atoms in total. The number of carboxylic acid groups (broad SMARTS) is 1. The fourth-order valence-electron chi connectivity index (χ4n) is 5.05. The van der Waals surface area contributed by atoms with E-state index in [1.165, 1.54) is 0 Å². The summed E-state index contributed by atoms with van der Waals surface area (Å²) in [5.41, 5.74) is 11.3. The number of aromatic nitrogens is 3. The molecule has 3 aromatic rings. The van der Waals surface area contributed by atoms with Crippen LogP contribution in [0.3, 0.4) is 0 Å². The molecule has 0 amide bonds. The number of rotatable bonds is 6. The van der Waals surface area contributed by atoms with Gasteiger partial charge in [0.05, 0.1) is 34.0 Å². The molecule has 1 spiro atoms. The molecule has 0 saturated heterocycles. The number of anilines is 2. The lowest BCUT2D eigenvalue weighted by Crippen LogP contribution is -2.42. The lowest BCUT2D eigenvalue weighted by Gasteiger charge is -2.39. The Kier molecular flexibility index (Phi) is 7.23. The van der Waals surface area contributed by atoms with Crippen molar-refractivity contribution in [1.82, 2.24) is 14.1 Å². The summed E-state index contributed by atoms with van der Waals surface area (Å²) in [6, 6.07) is 0. The van der Waals surface area contributed by atoms with Gasteiger partial charge in [0.2, 0.25) is 5.43 Å². The van der Waals surface area contributed by atoms with E-state index in [4.69, 9.17) is 26.1 Å². The highest BCUT2D eigenvalue weighted by atomic mass is 19.1. The zero-order valence-electron chi connectivity index (χ0n) is 20.4. The average Bonchev–Trinajstić information content (AvgIpc) is 3.55. The Labute approximate surface area is 211 Å². The van der Waals surface area contributed by atoms with Crippen LogP contribution in [-0.2, 0) is 16.9 Å². The number of carbonyl (C=O) groups is 1. The lowest BCUT2D eigenvalue weighted by atomic mass is 9.93. The summed E-state index contributed by atoms with van der Waals surface area (Å²) in [5, 5.41) is 22.7. The van der Waals surface area contributed by atoms with Crippen LogP contribution in [0.25, 0.3) is 10.9 Å². The van der Waals surface area contributed by atoms with Crippen LogP contribution in [0.2, 0.25) is 0 Å². The molecule has 5 rings (SSSR count). The molecule has 0 bridgehead atoms. The lowest BCUT2D eigenvalue weighted by molar-refractivity contribution is -0.134. The van der Waals surface area contributed by atoms with E-state index in [0.717, 1.165) is 32.6 Å². The van der Waals surface area contributed by atoms with Gasteiger partial charge < -0.3 is 41.0 Å². The second-order valence-corrected chi connectivity index (χ2v) is 9.20. The van der Waals surface area contributed by atoms with Gasteiger partial charge in [-0.15, -0.1) is 0 Å². The van der Waals surface area contributed by atoms with Crippen LogP contribution in [-0.4, -0.2) is 49.4 Å². The molecule has 1 aliphatic carbocycles. The van der Waals surface area contributed by atoms with E-state index in [1.54, 1.807) is 18.7 Å². The number of halogens is 1. The minimum Gasteiger partial charge on any atom is -0.487 e. The predicted molar refractivity (Wildman–Crippen MR) is 136 cm³/mol. The zero-order valence-corrected chi connectivity index (χ0v) is 20.4. The number of fused-ring (bicyclic) bond motifs is 1. The van der Waals surface area contributed by atoms with Gasteiger partial charge in [-0.1, -0.05) is 18.0 Å². The highest BCUT2D eigenvalue weighted by Crippen LogP contribution is 2.48. The largest absolute Gasteiger partial charge is 0.487 e. The first-order valence-corrected chi connectivity index (χ1v) is 11.9.